The molecule has 0 spiro atoms. The second-order valence-electron chi connectivity index (χ2n) is 5.17. The van der Waals surface area contributed by atoms with Crippen LogP contribution in [0.3, 0.4) is 0 Å². The first-order valence-electron chi connectivity index (χ1n) is 7.21. The summed E-state index contributed by atoms with van der Waals surface area (Å²) in [7, 11) is 0. The first-order chi connectivity index (χ1) is 12.1. The third-order valence-electron chi connectivity index (χ3n) is 3.47. The molecule has 124 valence electrons. The van der Waals surface area contributed by atoms with E-state index >= 15 is 0 Å². The Kier molecular flexibility index (Phi) is 4.60. The van der Waals surface area contributed by atoms with Crippen LogP contribution in [0.5, 0.6) is 0 Å². The number of fused-ring (bicyclic) bond motifs is 1. The molecule has 25 heavy (non-hydrogen) atoms. The average molecular weight is 452 g/mol. The summed E-state index contributed by atoms with van der Waals surface area (Å²) in [6, 6.07) is 13.4. The molecule has 0 aliphatic heterocycles. The molecule has 2 heterocycles. The minimum Gasteiger partial charge on any atom is -0.182 e. The number of rotatable bonds is 3. The molecule has 0 atom stereocenters. The summed E-state index contributed by atoms with van der Waals surface area (Å²) in [5.74, 6) is 0.716. The van der Waals surface area contributed by atoms with E-state index in [0.29, 0.717) is 15.9 Å². The Morgan fingerprint density at radius 1 is 0.960 bits per heavy atom. The van der Waals surface area contributed by atoms with E-state index in [1.807, 2.05) is 48.6 Å². The van der Waals surface area contributed by atoms with Crippen molar-refractivity contribution < 1.29 is 0 Å². The van der Waals surface area contributed by atoms with Crippen molar-refractivity contribution in [2.24, 2.45) is 0 Å². The monoisotopic (exact) mass is 450 g/mol. The molecule has 0 bridgehead atoms. The van der Waals surface area contributed by atoms with Crippen molar-refractivity contribution in [1.82, 2.24) is 19.8 Å². The molecule has 0 aliphatic rings. The van der Waals surface area contributed by atoms with Gasteiger partial charge in [0.1, 0.15) is 5.01 Å². The maximum Gasteiger partial charge on any atom is 0.235 e. The van der Waals surface area contributed by atoms with Crippen LogP contribution in [-0.2, 0) is 0 Å². The molecule has 4 aromatic rings. The molecule has 0 amide bonds. The highest BCUT2D eigenvalue weighted by Crippen LogP contribution is 2.26. The van der Waals surface area contributed by atoms with Gasteiger partial charge in [-0.2, -0.15) is 9.61 Å². The lowest BCUT2D eigenvalue weighted by atomic mass is 10.2. The van der Waals surface area contributed by atoms with Gasteiger partial charge in [-0.3, -0.25) is 0 Å². The Labute approximate surface area is 165 Å². The first kappa shape index (κ1) is 16.7. The fourth-order valence-electron chi connectivity index (χ4n) is 2.26. The Morgan fingerprint density at radius 2 is 1.76 bits per heavy atom. The zero-order chi connectivity index (χ0) is 17.4. The number of benzene rings is 2. The fraction of sp³-hybridized carbons (Fsp3) is 0. The number of hydrogen-bond donors (Lipinski definition) is 0. The normalized spacial score (nSPS) is 11.6. The number of hydrogen-bond acceptors (Lipinski definition) is 4. The molecule has 2 aromatic carbocycles. The summed E-state index contributed by atoms with van der Waals surface area (Å²) < 4.78 is 2.77. The van der Waals surface area contributed by atoms with Crippen molar-refractivity contribution in [3.8, 4) is 11.4 Å². The van der Waals surface area contributed by atoms with Crippen LogP contribution in [0.2, 0.25) is 10.0 Å². The molecule has 2 aromatic heterocycles. The van der Waals surface area contributed by atoms with E-state index in [0.717, 1.165) is 25.6 Å². The van der Waals surface area contributed by atoms with E-state index in [4.69, 9.17) is 23.2 Å². The van der Waals surface area contributed by atoms with E-state index in [1.54, 1.807) is 10.6 Å². The third kappa shape index (κ3) is 3.48. The molecule has 0 fully saturated rings. The highest BCUT2D eigenvalue weighted by atomic mass is 79.9. The minimum atomic E-state index is 0.527. The molecular weight excluding hydrogens is 443 g/mol. The molecule has 0 aliphatic carbocycles. The molecule has 0 saturated carbocycles. The standard InChI is InChI=1S/C17H9BrCl2N4S/c18-12-5-3-11(4-6-12)16-21-22-17-24(16)23-15(25-17)8-2-10-1-7-13(19)14(20)9-10/h1-9H/b8-2+. The van der Waals surface area contributed by atoms with Gasteiger partial charge in [-0.1, -0.05) is 74.7 Å². The van der Waals surface area contributed by atoms with Gasteiger partial charge < -0.3 is 0 Å². The zero-order valence-corrected chi connectivity index (χ0v) is 16.4. The molecule has 0 radical (unpaired) electrons. The quantitative estimate of drug-likeness (QED) is 0.378. The lowest BCUT2D eigenvalue weighted by Gasteiger charge is -1.97. The van der Waals surface area contributed by atoms with Crippen molar-refractivity contribution in [2.75, 3.05) is 0 Å². The van der Waals surface area contributed by atoms with Crippen LogP contribution in [0, 0.1) is 0 Å². The van der Waals surface area contributed by atoms with Gasteiger partial charge in [-0.05, 0) is 35.9 Å². The number of aromatic nitrogens is 4. The topological polar surface area (TPSA) is 43.1 Å². The lowest BCUT2D eigenvalue weighted by molar-refractivity contribution is 0.960. The maximum atomic E-state index is 6.04. The Hall–Kier alpha value is -1.73. The lowest BCUT2D eigenvalue weighted by Crippen LogP contribution is -1.90. The van der Waals surface area contributed by atoms with E-state index in [9.17, 15) is 0 Å². The smallest absolute Gasteiger partial charge is 0.182 e. The fourth-order valence-corrected chi connectivity index (χ4v) is 3.57. The van der Waals surface area contributed by atoms with Gasteiger partial charge in [-0.15, -0.1) is 10.2 Å². The third-order valence-corrected chi connectivity index (χ3v) is 5.60. The number of nitrogens with zero attached hydrogens (tertiary/aromatic N) is 4. The van der Waals surface area contributed by atoms with Gasteiger partial charge in [0.15, 0.2) is 5.82 Å². The largest absolute Gasteiger partial charge is 0.235 e. The second-order valence-corrected chi connectivity index (χ2v) is 7.89. The van der Waals surface area contributed by atoms with Crippen molar-refractivity contribution in [1.29, 1.82) is 0 Å². The van der Waals surface area contributed by atoms with Gasteiger partial charge in [-0.25, -0.2) is 0 Å². The highest BCUT2D eigenvalue weighted by Gasteiger charge is 2.12. The summed E-state index contributed by atoms with van der Waals surface area (Å²) in [4.78, 5) is 0.742. The summed E-state index contributed by atoms with van der Waals surface area (Å²) in [6.45, 7) is 0. The first-order valence-corrected chi connectivity index (χ1v) is 9.58. The van der Waals surface area contributed by atoms with Crippen LogP contribution in [0.1, 0.15) is 10.6 Å². The van der Waals surface area contributed by atoms with Crippen molar-refractivity contribution in [2.45, 2.75) is 0 Å². The Bertz CT molecular complexity index is 1090. The van der Waals surface area contributed by atoms with Gasteiger partial charge >= 0.3 is 0 Å². The summed E-state index contributed by atoms with van der Waals surface area (Å²) in [6.07, 6.45) is 3.86. The zero-order valence-electron chi connectivity index (χ0n) is 12.5. The predicted octanol–water partition coefficient (Wildman–Crippen LogP) is 6.09. The van der Waals surface area contributed by atoms with E-state index in [1.165, 1.54) is 11.3 Å². The van der Waals surface area contributed by atoms with Crippen LogP contribution in [-0.4, -0.2) is 19.8 Å². The van der Waals surface area contributed by atoms with Gasteiger partial charge in [0, 0.05) is 10.0 Å². The second kappa shape index (κ2) is 6.88. The van der Waals surface area contributed by atoms with Crippen LogP contribution >= 0.6 is 50.5 Å². The maximum absolute atomic E-state index is 6.04. The molecule has 4 nitrogen and oxygen atoms in total. The Morgan fingerprint density at radius 3 is 2.52 bits per heavy atom. The van der Waals surface area contributed by atoms with Crippen LogP contribution < -0.4 is 0 Å². The molecule has 0 N–H and O–H groups in total. The SMILES string of the molecule is Clc1ccc(/C=C/c2nn3c(-c4ccc(Br)cc4)nnc3s2)cc1Cl. The molecule has 4 rings (SSSR count). The van der Waals surface area contributed by atoms with Crippen LogP contribution in [0.25, 0.3) is 28.5 Å². The Balaban J connectivity index is 1.66. The molecule has 0 unspecified atom stereocenters. The van der Waals surface area contributed by atoms with Crippen LogP contribution in [0.15, 0.2) is 46.9 Å². The van der Waals surface area contributed by atoms with Gasteiger partial charge in [0.05, 0.1) is 10.0 Å². The van der Waals surface area contributed by atoms with E-state index in [2.05, 4.69) is 31.2 Å². The van der Waals surface area contributed by atoms with Crippen molar-refractivity contribution >= 4 is 67.6 Å². The van der Waals surface area contributed by atoms with Crippen molar-refractivity contribution in [3.63, 3.8) is 0 Å². The van der Waals surface area contributed by atoms with Gasteiger partial charge in [0.2, 0.25) is 4.96 Å². The summed E-state index contributed by atoms with van der Waals surface area (Å²) in [5.41, 5.74) is 1.91. The van der Waals surface area contributed by atoms with E-state index < -0.39 is 0 Å². The summed E-state index contributed by atoms with van der Waals surface area (Å²) in [5, 5.41) is 14.9. The van der Waals surface area contributed by atoms with Crippen molar-refractivity contribution in [3.05, 3.63) is 67.6 Å². The van der Waals surface area contributed by atoms with E-state index in [-0.39, 0.29) is 0 Å². The predicted molar refractivity (Wildman–Crippen MR) is 107 cm³/mol. The molecular formula is C17H9BrCl2N4S. The van der Waals surface area contributed by atoms with Crippen LogP contribution in [0.4, 0.5) is 0 Å². The highest BCUT2D eigenvalue weighted by molar-refractivity contribution is 9.10. The summed E-state index contributed by atoms with van der Waals surface area (Å²) >= 11 is 16.9. The minimum absolute atomic E-state index is 0.527. The average Bonchev–Trinajstić information content (AvgIpc) is 3.17. The molecule has 8 heteroatoms. The molecule has 0 saturated heterocycles. The number of halogens is 3. The van der Waals surface area contributed by atoms with Gasteiger partial charge in [0.25, 0.3) is 0 Å².